The van der Waals surface area contributed by atoms with Gasteiger partial charge in [-0.3, -0.25) is 4.90 Å². The first-order valence-corrected chi connectivity index (χ1v) is 4.35. The molecule has 0 N–H and O–H groups in total. The average molecular weight is 442 g/mol. The number of rotatable bonds is 3. The number of carbonyl (C=O) groups is 1. The number of ketones is 1. The molecule has 0 spiro atoms. The van der Waals surface area contributed by atoms with Crippen LogP contribution in [0.3, 0.4) is 0 Å². The van der Waals surface area contributed by atoms with Gasteiger partial charge in [-0.2, -0.15) is 0 Å². The summed E-state index contributed by atoms with van der Waals surface area (Å²) in [5.41, 5.74) is 0. The number of hydrogen-bond acceptors (Lipinski definition) is 2. The van der Waals surface area contributed by atoms with Crippen molar-refractivity contribution in [2.75, 3.05) is 13.1 Å². The zero-order valence-electron chi connectivity index (χ0n) is 9.16. The Bertz CT molecular complexity index is 155. The van der Waals surface area contributed by atoms with E-state index >= 15 is 0 Å². The molecule has 0 amide bonds. The molecule has 81 valence electrons. The van der Waals surface area contributed by atoms with Crippen LogP contribution >= 0.6 is 0 Å². The predicted molar refractivity (Wildman–Crippen MR) is 51.7 cm³/mol. The Hall–Kier alpha value is 1.42. The van der Waals surface area contributed by atoms with Crippen molar-refractivity contribution < 1.29 is 58.6 Å². The molecule has 0 saturated carbocycles. The summed E-state index contributed by atoms with van der Waals surface area (Å²) in [6.07, 6.45) is 2.66. The van der Waals surface area contributed by atoms with E-state index in [4.69, 9.17) is 0 Å². The number of Topliss-reactive ketones (excluding diaryl/α,β-unsaturated/α-hetero) is 1. The quantitative estimate of drug-likeness (QED) is 0.621. The third-order valence-electron chi connectivity index (χ3n) is 2.39. The van der Waals surface area contributed by atoms with Crippen molar-refractivity contribution in [3.05, 3.63) is 14.4 Å². The molecular weight excluding hydrogens is 423 g/mol. The van der Waals surface area contributed by atoms with Gasteiger partial charge in [0, 0.05) is 53.8 Å². The molecule has 1 fully saturated rings. The van der Waals surface area contributed by atoms with E-state index in [-0.39, 0.29) is 67.2 Å². The molecule has 14 heavy (non-hydrogen) atoms. The molecule has 1 heterocycles. The van der Waals surface area contributed by atoms with Gasteiger partial charge in [0.25, 0.3) is 0 Å². The van der Waals surface area contributed by atoms with Gasteiger partial charge >= 0.3 is 0 Å². The van der Waals surface area contributed by atoms with Gasteiger partial charge < -0.3 is 19.1 Å². The first-order chi connectivity index (χ1) is 5.29. The summed E-state index contributed by atoms with van der Waals surface area (Å²) in [6.45, 7) is 7.82. The molecule has 1 saturated heterocycles. The van der Waals surface area contributed by atoms with Crippen molar-refractivity contribution in [2.24, 2.45) is 0 Å². The third-order valence-corrected chi connectivity index (χ3v) is 2.39. The van der Waals surface area contributed by atoms with Crippen LogP contribution in [0.25, 0.3) is 0 Å². The van der Waals surface area contributed by atoms with Crippen molar-refractivity contribution in [3.8, 4) is 0 Å². The predicted octanol–water partition coefficient (Wildman–Crippen LogP) is 1.71. The second-order valence-corrected chi connectivity index (χ2v) is 3.00. The van der Waals surface area contributed by atoms with E-state index in [1.807, 2.05) is 0 Å². The SMILES string of the molecule is [CH2-]CC(=O)[C@@H]1CCCN1CC.[CH3-].[W].[Y]. The summed E-state index contributed by atoms with van der Waals surface area (Å²) < 4.78 is 0. The summed E-state index contributed by atoms with van der Waals surface area (Å²) in [4.78, 5) is 13.5. The van der Waals surface area contributed by atoms with Crippen molar-refractivity contribution >= 4 is 5.78 Å². The fourth-order valence-corrected chi connectivity index (χ4v) is 1.74. The van der Waals surface area contributed by atoms with Crippen LogP contribution in [0.4, 0.5) is 0 Å². The van der Waals surface area contributed by atoms with E-state index < -0.39 is 0 Å². The van der Waals surface area contributed by atoms with Crippen molar-refractivity contribution in [3.63, 3.8) is 0 Å². The van der Waals surface area contributed by atoms with Crippen LogP contribution in [0.1, 0.15) is 26.2 Å². The van der Waals surface area contributed by atoms with E-state index in [1.165, 1.54) is 6.42 Å². The number of likely N-dealkylation sites (N-methyl/N-ethyl adjacent to an activating group) is 1. The fraction of sp³-hybridized carbons (Fsp3) is 0.700. The van der Waals surface area contributed by atoms with Gasteiger partial charge in [0.15, 0.2) is 0 Å². The fourth-order valence-electron chi connectivity index (χ4n) is 1.74. The molecule has 4 heteroatoms. The van der Waals surface area contributed by atoms with Gasteiger partial charge in [0.05, 0.1) is 6.04 Å². The molecule has 0 aromatic heterocycles. The molecule has 0 unspecified atom stereocenters. The minimum Gasteiger partial charge on any atom is -0.358 e. The topological polar surface area (TPSA) is 20.3 Å². The first-order valence-electron chi connectivity index (χ1n) is 4.35. The molecule has 1 atom stereocenters. The van der Waals surface area contributed by atoms with E-state index in [2.05, 4.69) is 18.7 Å². The number of hydrogen-bond donors (Lipinski definition) is 0. The summed E-state index contributed by atoms with van der Waals surface area (Å²) in [5, 5.41) is 0. The zero-order valence-corrected chi connectivity index (χ0v) is 14.9. The largest absolute Gasteiger partial charge is 0.358 e. The van der Waals surface area contributed by atoms with E-state index in [0.717, 1.165) is 19.5 Å². The molecule has 1 aliphatic heterocycles. The summed E-state index contributed by atoms with van der Waals surface area (Å²) in [6, 6.07) is 0.192. The van der Waals surface area contributed by atoms with Gasteiger partial charge in [0.1, 0.15) is 5.78 Å². The van der Waals surface area contributed by atoms with Crippen LogP contribution in [0.5, 0.6) is 0 Å². The summed E-state index contributed by atoms with van der Waals surface area (Å²) in [5.74, 6) is 0.310. The standard InChI is InChI=1S/C9H16NO.CH3.W.Y/c1-3-9(11)8-6-5-7-10(8)4-2;;;/h8H,1,3-7H2,2H3;1H3;;/q2*-1;;/t8-;;;/m0.../s1. The van der Waals surface area contributed by atoms with Crippen molar-refractivity contribution in [1.82, 2.24) is 4.90 Å². The second-order valence-electron chi connectivity index (χ2n) is 3.00. The van der Waals surface area contributed by atoms with Gasteiger partial charge in [-0.1, -0.05) is 6.92 Å². The Morgan fingerprint density at radius 3 is 2.57 bits per heavy atom. The number of carbonyl (C=O) groups excluding carboxylic acids is 1. The molecule has 1 rings (SSSR count). The molecule has 1 aliphatic rings. The maximum Gasteiger partial charge on any atom is 0.120 e. The van der Waals surface area contributed by atoms with Gasteiger partial charge in [-0.15, -0.1) is 6.42 Å². The molecule has 0 aliphatic carbocycles. The Labute approximate surface area is 128 Å². The minimum absolute atomic E-state index is 0. The molecule has 0 bridgehead atoms. The Morgan fingerprint density at radius 2 is 2.14 bits per heavy atom. The minimum atomic E-state index is 0. The molecular formula is C10H19NOWY-2. The third kappa shape index (κ3) is 5.49. The van der Waals surface area contributed by atoms with Crippen molar-refractivity contribution in [2.45, 2.75) is 32.2 Å². The van der Waals surface area contributed by atoms with E-state index in [0.29, 0.717) is 12.2 Å². The monoisotopic (exact) mass is 442 g/mol. The number of likely N-dealkylation sites (tertiary alicyclic amines) is 1. The Kier molecular flexibility index (Phi) is 16.2. The number of nitrogens with zero attached hydrogens (tertiary/aromatic N) is 1. The van der Waals surface area contributed by atoms with Crippen LogP contribution in [0, 0.1) is 14.4 Å². The average Bonchev–Trinajstić information content (AvgIpc) is 2.50. The molecule has 0 aromatic carbocycles. The maximum absolute atomic E-state index is 11.3. The normalized spacial score (nSPS) is 20.3. The Balaban J connectivity index is -0.000000403. The summed E-state index contributed by atoms with van der Waals surface area (Å²) in [7, 11) is 0. The smallest absolute Gasteiger partial charge is 0.120 e. The van der Waals surface area contributed by atoms with E-state index in [9.17, 15) is 4.79 Å². The molecule has 0 aromatic rings. The van der Waals surface area contributed by atoms with Crippen LogP contribution in [-0.2, 0) is 58.6 Å². The van der Waals surface area contributed by atoms with Crippen LogP contribution in [0.2, 0.25) is 0 Å². The summed E-state index contributed by atoms with van der Waals surface area (Å²) >= 11 is 0. The van der Waals surface area contributed by atoms with Gasteiger partial charge in [0.2, 0.25) is 0 Å². The van der Waals surface area contributed by atoms with Crippen LogP contribution < -0.4 is 0 Å². The van der Waals surface area contributed by atoms with Crippen molar-refractivity contribution in [1.29, 1.82) is 0 Å². The maximum atomic E-state index is 11.3. The van der Waals surface area contributed by atoms with Crippen LogP contribution in [0.15, 0.2) is 0 Å². The van der Waals surface area contributed by atoms with E-state index in [1.54, 1.807) is 0 Å². The molecule has 2 nitrogen and oxygen atoms in total. The van der Waals surface area contributed by atoms with Crippen LogP contribution in [-0.4, -0.2) is 29.8 Å². The molecule has 1 radical (unpaired) electrons. The van der Waals surface area contributed by atoms with Gasteiger partial charge in [-0.25, -0.2) is 0 Å². The zero-order chi connectivity index (χ0) is 8.27. The Morgan fingerprint density at radius 1 is 1.57 bits per heavy atom. The second kappa shape index (κ2) is 10.9. The first kappa shape index (κ1) is 20.8. The van der Waals surface area contributed by atoms with Gasteiger partial charge in [-0.05, 0) is 25.9 Å².